The summed E-state index contributed by atoms with van der Waals surface area (Å²) in [5, 5.41) is 17.9. The van der Waals surface area contributed by atoms with Crippen LogP contribution in [0.25, 0.3) is 0 Å². The maximum absolute atomic E-state index is 14.0. The lowest BCUT2D eigenvalue weighted by atomic mass is 9.78. The minimum atomic E-state index is -4.54. The number of nitrogens with one attached hydrogen (secondary N) is 1. The maximum atomic E-state index is 14.0. The van der Waals surface area contributed by atoms with Gasteiger partial charge in [0.2, 0.25) is 5.91 Å². The number of fused-ring (bicyclic) bond motifs is 1. The van der Waals surface area contributed by atoms with E-state index < -0.39 is 41.0 Å². The van der Waals surface area contributed by atoms with Gasteiger partial charge in [0.25, 0.3) is 0 Å². The number of aryl methyl sites for hydroxylation is 1. The van der Waals surface area contributed by atoms with Crippen molar-refractivity contribution in [3.05, 3.63) is 59.2 Å². The molecule has 0 aromatic carbocycles. The summed E-state index contributed by atoms with van der Waals surface area (Å²) in [7, 11) is 1.68. The largest absolute Gasteiger partial charge is 0.444 e. The predicted molar refractivity (Wildman–Crippen MR) is 130 cm³/mol. The first-order chi connectivity index (χ1) is 17.7. The number of halogens is 3. The molecule has 1 aliphatic heterocycles. The monoisotopic (exact) mass is 535 g/mol. The van der Waals surface area contributed by atoms with Crippen LogP contribution in [0, 0.1) is 5.41 Å². The Morgan fingerprint density at radius 1 is 1.32 bits per heavy atom. The highest BCUT2D eigenvalue weighted by molar-refractivity contribution is 5.86. The smallest absolute Gasteiger partial charge is 0.417 e. The molecule has 0 radical (unpaired) electrons. The van der Waals surface area contributed by atoms with Crippen molar-refractivity contribution in [2.75, 3.05) is 6.54 Å². The average molecular weight is 536 g/mol. The van der Waals surface area contributed by atoms with E-state index in [-0.39, 0.29) is 31.8 Å². The first kappa shape index (κ1) is 27.6. The number of hydrogen-bond donors (Lipinski definition) is 2. The third-order valence-electron chi connectivity index (χ3n) is 6.77. The second-order valence-electron chi connectivity index (χ2n) is 10.9. The lowest BCUT2D eigenvalue weighted by molar-refractivity contribution is -0.142. The van der Waals surface area contributed by atoms with Gasteiger partial charge in [-0.1, -0.05) is 12.2 Å². The fourth-order valence-electron chi connectivity index (χ4n) is 5.01. The van der Waals surface area contributed by atoms with E-state index in [0.717, 1.165) is 12.3 Å². The molecular formula is C26H32F3N5O4. The predicted octanol–water partition coefficient (Wildman–Crippen LogP) is 3.68. The quantitative estimate of drug-likeness (QED) is 0.566. The Morgan fingerprint density at radius 3 is 2.68 bits per heavy atom. The highest BCUT2D eigenvalue weighted by Crippen LogP contribution is 2.43. The van der Waals surface area contributed by atoms with Crippen LogP contribution in [0.4, 0.5) is 18.0 Å². The number of aromatic nitrogens is 3. The number of ether oxygens (including phenoxy) is 1. The van der Waals surface area contributed by atoms with Crippen LogP contribution in [0.3, 0.4) is 0 Å². The van der Waals surface area contributed by atoms with E-state index >= 15 is 0 Å². The van der Waals surface area contributed by atoms with Crippen LogP contribution in [-0.4, -0.2) is 55.0 Å². The van der Waals surface area contributed by atoms with Crippen LogP contribution < -0.4 is 5.32 Å². The van der Waals surface area contributed by atoms with E-state index in [1.54, 1.807) is 46.0 Å². The van der Waals surface area contributed by atoms with Crippen molar-refractivity contribution in [2.45, 2.75) is 70.5 Å². The van der Waals surface area contributed by atoms with Crippen molar-refractivity contribution in [1.29, 1.82) is 0 Å². The molecular weight excluding hydrogens is 503 g/mol. The summed E-state index contributed by atoms with van der Waals surface area (Å²) < 4.78 is 46.7. The summed E-state index contributed by atoms with van der Waals surface area (Å²) in [6, 6.07) is 2.15. The first-order valence-corrected chi connectivity index (χ1v) is 12.4. The van der Waals surface area contributed by atoms with Crippen molar-refractivity contribution < 1.29 is 32.6 Å². The number of rotatable bonds is 5. The number of alkyl halides is 3. The van der Waals surface area contributed by atoms with Crippen LogP contribution in [-0.2, 0) is 35.7 Å². The number of carbonyl (C=O) groups excluding carboxylic acids is 2. The van der Waals surface area contributed by atoms with Gasteiger partial charge in [0.15, 0.2) is 0 Å². The van der Waals surface area contributed by atoms with E-state index in [1.165, 1.54) is 15.8 Å². The highest BCUT2D eigenvalue weighted by atomic mass is 19.4. The normalized spacial score (nSPS) is 22.2. The zero-order valence-electron chi connectivity index (χ0n) is 21.7. The van der Waals surface area contributed by atoms with Gasteiger partial charge in [-0.15, -0.1) is 0 Å². The van der Waals surface area contributed by atoms with Gasteiger partial charge in [-0.2, -0.15) is 18.3 Å². The molecule has 2 amide bonds. The number of hydrogen-bond acceptors (Lipinski definition) is 6. The summed E-state index contributed by atoms with van der Waals surface area (Å²) in [6.45, 7) is 5.45. The molecule has 0 spiro atoms. The second-order valence-corrected chi connectivity index (χ2v) is 10.9. The zero-order chi connectivity index (χ0) is 27.9. The highest BCUT2D eigenvalue weighted by Gasteiger charge is 2.47. The Morgan fingerprint density at radius 2 is 2.05 bits per heavy atom. The lowest BCUT2D eigenvalue weighted by Gasteiger charge is -2.37. The summed E-state index contributed by atoms with van der Waals surface area (Å²) in [4.78, 5) is 31.9. The summed E-state index contributed by atoms with van der Waals surface area (Å²) in [5.41, 5.74) is -1.41. The van der Waals surface area contributed by atoms with Gasteiger partial charge in [-0.05, 0) is 51.3 Å². The molecule has 4 rings (SSSR count). The molecule has 0 saturated heterocycles. The van der Waals surface area contributed by atoms with Gasteiger partial charge in [-0.25, -0.2) is 4.79 Å². The van der Waals surface area contributed by atoms with Crippen LogP contribution in [0.2, 0.25) is 0 Å². The number of amides is 2. The van der Waals surface area contributed by atoms with E-state index in [9.17, 15) is 27.9 Å². The van der Waals surface area contributed by atoms with Gasteiger partial charge in [0.1, 0.15) is 5.60 Å². The molecule has 1 aliphatic carbocycles. The number of aliphatic hydroxyl groups excluding tert-OH is 1. The number of alkyl carbamates (subject to hydrolysis) is 1. The molecule has 3 unspecified atom stereocenters. The molecule has 3 heterocycles. The lowest BCUT2D eigenvalue weighted by Crippen LogP contribution is -2.47. The van der Waals surface area contributed by atoms with Crippen molar-refractivity contribution in [1.82, 2.24) is 25.0 Å². The minimum absolute atomic E-state index is 0.00143. The van der Waals surface area contributed by atoms with Gasteiger partial charge >= 0.3 is 12.3 Å². The zero-order valence-corrected chi connectivity index (χ0v) is 21.7. The van der Waals surface area contributed by atoms with Crippen LogP contribution in [0.5, 0.6) is 0 Å². The Balaban J connectivity index is 1.58. The van der Waals surface area contributed by atoms with E-state index in [4.69, 9.17) is 4.74 Å². The Labute approximate surface area is 218 Å². The molecule has 206 valence electrons. The fraction of sp³-hybridized carbons (Fsp3) is 0.538. The summed E-state index contributed by atoms with van der Waals surface area (Å²) in [5.74, 6) is -0.341. The third kappa shape index (κ3) is 6.01. The van der Waals surface area contributed by atoms with Crippen molar-refractivity contribution >= 4 is 12.0 Å². The standard InChI is InChI=1S/C26H32F3N5O4/c1-24(2,3)38-23(37)32-18-5-8-25(12-18,13-21(35)20-6-9-31-33(20)4)22(36)34-10-7-19-16(15-34)11-17(14-30-19)26(27,28)29/h5-6,8-9,11,14,18,21,35H,7,10,12-13,15H2,1-4H3,(H,32,37). The molecule has 0 saturated carbocycles. The summed E-state index contributed by atoms with van der Waals surface area (Å²) in [6.07, 6.45) is -0.0441. The topological polar surface area (TPSA) is 110 Å². The third-order valence-corrected chi connectivity index (χ3v) is 6.77. The Hall–Kier alpha value is -3.41. The average Bonchev–Trinajstić information content (AvgIpc) is 3.42. The molecule has 9 nitrogen and oxygen atoms in total. The summed E-state index contributed by atoms with van der Waals surface area (Å²) >= 11 is 0. The number of pyridine rings is 1. The second kappa shape index (κ2) is 10.0. The maximum Gasteiger partial charge on any atom is 0.417 e. The first-order valence-electron chi connectivity index (χ1n) is 12.4. The molecule has 2 aliphatic rings. The Kier molecular flexibility index (Phi) is 7.30. The molecule has 38 heavy (non-hydrogen) atoms. The van der Waals surface area contributed by atoms with Crippen molar-refractivity contribution in [2.24, 2.45) is 12.5 Å². The molecule has 2 aromatic heterocycles. The number of aliphatic hydroxyl groups is 1. The van der Waals surface area contributed by atoms with Gasteiger partial charge < -0.3 is 20.1 Å². The molecule has 12 heteroatoms. The number of nitrogens with zero attached hydrogens (tertiary/aromatic N) is 4. The van der Waals surface area contributed by atoms with Crippen LogP contribution in [0.15, 0.2) is 36.7 Å². The molecule has 3 atom stereocenters. The minimum Gasteiger partial charge on any atom is -0.444 e. The molecule has 0 bridgehead atoms. The van der Waals surface area contributed by atoms with E-state index in [1.807, 2.05) is 0 Å². The molecule has 0 fully saturated rings. The molecule has 2 N–H and O–H groups in total. The van der Waals surface area contributed by atoms with E-state index in [2.05, 4.69) is 15.4 Å². The van der Waals surface area contributed by atoms with Gasteiger partial charge in [-0.3, -0.25) is 14.5 Å². The van der Waals surface area contributed by atoms with Gasteiger partial charge in [0.05, 0.1) is 28.8 Å². The number of carbonyl (C=O) groups is 2. The van der Waals surface area contributed by atoms with E-state index in [0.29, 0.717) is 23.4 Å². The van der Waals surface area contributed by atoms with Crippen molar-refractivity contribution in [3.63, 3.8) is 0 Å². The van der Waals surface area contributed by atoms with Crippen LogP contribution in [0.1, 0.15) is 62.2 Å². The van der Waals surface area contributed by atoms with Crippen molar-refractivity contribution in [3.8, 4) is 0 Å². The fourth-order valence-corrected chi connectivity index (χ4v) is 5.01. The van der Waals surface area contributed by atoms with Gasteiger partial charge in [0, 0.05) is 44.6 Å². The SMILES string of the molecule is Cn1nccc1C(O)CC1(C(=O)N2CCc3ncc(C(F)(F)F)cc3C2)C=CC(NC(=O)OC(C)(C)C)C1. The molecule has 2 aromatic rings. The van der Waals surface area contributed by atoms with Crippen LogP contribution >= 0.6 is 0 Å². The Bertz CT molecular complexity index is 1240.